The molecule has 2 N–H and O–H groups in total. The lowest BCUT2D eigenvalue weighted by atomic mass is 9.61. The normalized spacial score (nSPS) is 29.8. The molecule has 2 aliphatic heterocycles. The van der Waals surface area contributed by atoms with E-state index in [1.807, 2.05) is 35.8 Å². The number of benzene rings is 1. The van der Waals surface area contributed by atoms with Crippen molar-refractivity contribution in [2.24, 2.45) is 5.92 Å². The maximum Gasteiger partial charge on any atom is 0.319 e. The van der Waals surface area contributed by atoms with Gasteiger partial charge in [0, 0.05) is 22.6 Å². The van der Waals surface area contributed by atoms with Crippen molar-refractivity contribution in [3.05, 3.63) is 59.5 Å². The lowest BCUT2D eigenvalue weighted by Crippen LogP contribution is -2.60. The lowest BCUT2D eigenvalue weighted by molar-refractivity contribution is -0.152. The molecule has 0 unspecified atom stereocenters. The fourth-order valence-corrected chi connectivity index (χ4v) is 5.72. The highest BCUT2D eigenvalue weighted by Gasteiger charge is 2.61. The van der Waals surface area contributed by atoms with Crippen molar-refractivity contribution < 1.29 is 19.4 Å². The molecule has 0 fully saturated rings. The highest BCUT2D eigenvalue weighted by atomic mass is 16.5. The van der Waals surface area contributed by atoms with Gasteiger partial charge in [-0.25, -0.2) is 0 Å². The number of hydrogen-bond acceptors (Lipinski definition) is 5. The minimum Gasteiger partial charge on any atom is -0.494 e. The summed E-state index contributed by atoms with van der Waals surface area (Å²) in [6.45, 7) is 7.23. The van der Waals surface area contributed by atoms with Crippen LogP contribution in [0.5, 0.6) is 0 Å². The van der Waals surface area contributed by atoms with Gasteiger partial charge < -0.3 is 24.5 Å². The maximum atomic E-state index is 13.5. The van der Waals surface area contributed by atoms with Crippen LogP contribution in [-0.2, 0) is 26.1 Å². The smallest absolute Gasteiger partial charge is 0.319 e. The molecule has 1 aliphatic carbocycles. The minimum atomic E-state index is -0.937. The van der Waals surface area contributed by atoms with E-state index in [1.54, 1.807) is 0 Å². The number of aliphatic hydroxyl groups excluding tert-OH is 1. The predicted octanol–water partition coefficient (Wildman–Crippen LogP) is 2.57. The third kappa shape index (κ3) is 2.27. The second-order valence-electron chi connectivity index (χ2n) is 8.07. The summed E-state index contributed by atoms with van der Waals surface area (Å²) in [5.74, 6) is 0.0193. The van der Waals surface area contributed by atoms with Crippen molar-refractivity contribution in [3.8, 4) is 0 Å². The molecule has 3 heterocycles. The molecule has 5 rings (SSSR count). The summed E-state index contributed by atoms with van der Waals surface area (Å²) in [5, 5.41) is 16.0. The van der Waals surface area contributed by atoms with Crippen molar-refractivity contribution in [1.29, 1.82) is 0 Å². The number of ether oxygens (including phenoxy) is 2. The van der Waals surface area contributed by atoms with Crippen molar-refractivity contribution >= 4 is 16.9 Å². The molecule has 2 aromatic rings. The number of para-hydroxylation sites is 1. The molecule has 29 heavy (non-hydrogen) atoms. The van der Waals surface area contributed by atoms with Gasteiger partial charge >= 0.3 is 5.97 Å². The zero-order valence-corrected chi connectivity index (χ0v) is 16.8. The van der Waals surface area contributed by atoms with Crippen LogP contribution >= 0.6 is 0 Å². The van der Waals surface area contributed by atoms with E-state index >= 15 is 0 Å². The van der Waals surface area contributed by atoms with E-state index < -0.39 is 11.6 Å². The number of rotatable bonds is 4. The Balaban J connectivity index is 1.86. The molecule has 0 radical (unpaired) electrons. The number of hydrogen-bond donors (Lipinski definition) is 2. The first-order chi connectivity index (χ1) is 14.0. The molecule has 2 bridgehead atoms. The maximum absolute atomic E-state index is 13.5. The summed E-state index contributed by atoms with van der Waals surface area (Å²) in [7, 11) is 1.44. The van der Waals surface area contributed by atoms with Crippen LogP contribution in [0, 0.1) is 5.92 Å². The van der Waals surface area contributed by atoms with Gasteiger partial charge in [0.25, 0.3) is 0 Å². The Labute approximate surface area is 169 Å². The number of aliphatic hydroxyl groups is 1. The van der Waals surface area contributed by atoms with Crippen LogP contribution < -0.4 is 5.32 Å². The molecule has 0 saturated heterocycles. The number of carbonyl (C=O) groups is 1. The fourth-order valence-electron chi connectivity index (χ4n) is 5.72. The molecule has 6 nitrogen and oxygen atoms in total. The lowest BCUT2D eigenvalue weighted by Gasteiger charge is -2.50. The summed E-state index contributed by atoms with van der Waals surface area (Å²) < 4.78 is 13.1. The second-order valence-corrected chi connectivity index (χ2v) is 8.07. The quantitative estimate of drug-likeness (QED) is 0.616. The van der Waals surface area contributed by atoms with Gasteiger partial charge in [-0.1, -0.05) is 30.9 Å². The second kappa shape index (κ2) is 6.47. The first kappa shape index (κ1) is 18.5. The van der Waals surface area contributed by atoms with Crippen molar-refractivity contribution in [1.82, 2.24) is 9.88 Å². The average molecular weight is 394 g/mol. The van der Waals surface area contributed by atoms with Crippen LogP contribution in [0.25, 0.3) is 10.9 Å². The van der Waals surface area contributed by atoms with Gasteiger partial charge in [-0.3, -0.25) is 4.79 Å². The highest BCUT2D eigenvalue weighted by Crippen LogP contribution is 2.55. The van der Waals surface area contributed by atoms with E-state index in [4.69, 9.17) is 9.47 Å². The van der Waals surface area contributed by atoms with E-state index in [-0.39, 0.29) is 17.9 Å². The van der Waals surface area contributed by atoms with Crippen molar-refractivity contribution in [2.45, 2.75) is 37.5 Å². The molecular formula is C23H26N2O4. The summed E-state index contributed by atoms with van der Waals surface area (Å²) in [5.41, 5.74) is 2.86. The number of nitrogens with one attached hydrogen (secondary N) is 1. The Bertz CT molecular complexity index is 1050. The third-order valence-corrected chi connectivity index (χ3v) is 6.75. The summed E-state index contributed by atoms with van der Waals surface area (Å²) >= 11 is 0. The summed E-state index contributed by atoms with van der Waals surface area (Å²) in [4.78, 5) is 13.5. The van der Waals surface area contributed by atoms with Gasteiger partial charge in [0.05, 0.1) is 25.3 Å². The average Bonchev–Trinajstić information content (AvgIpc) is 2.95. The molecule has 1 aromatic carbocycles. The van der Waals surface area contributed by atoms with Gasteiger partial charge in [0.15, 0.2) is 0 Å². The Kier molecular flexibility index (Phi) is 4.12. The molecule has 152 valence electrons. The van der Waals surface area contributed by atoms with Gasteiger partial charge in [-0.15, -0.1) is 0 Å². The first-order valence-electron chi connectivity index (χ1n) is 10.2. The largest absolute Gasteiger partial charge is 0.494 e. The Morgan fingerprint density at radius 2 is 2.21 bits per heavy atom. The molecular weight excluding hydrogens is 368 g/mol. The number of fused-ring (bicyclic) bond motifs is 4. The van der Waals surface area contributed by atoms with E-state index in [0.29, 0.717) is 25.3 Å². The number of nitrogens with zero attached hydrogens (tertiary/aromatic N) is 1. The number of carbonyl (C=O) groups excluding carboxylic acids is 1. The zero-order valence-electron chi connectivity index (χ0n) is 16.8. The van der Waals surface area contributed by atoms with E-state index in [9.17, 15) is 9.90 Å². The van der Waals surface area contributed by atoms with Crippen LogP contribution in [0.1, 0.15) is 30.8 Å². The van der Waals surface area contributed by atoms with Crippen molar-refractivity contribution in [3.63, 3.8) is 0 Å². The summed E-state index contributed by atoms with van der Waals surface area (Å²) in [6, 6.07) is 7.75. The minimum absolute atomic E-state index is 0.242. The summed E-state index contributed by atoms with van der Waals surface area (Å²) in [6.07, 6.45) is 2.53. The third-order valence-electron chi connectivity index (χ3n) is 6.75. The fraction of sp³-hybridized carbons (Fsp3) is 0.435. The highest BCUT2D eigenvalue weighted by molar-refractivity contribution is 5.93. The van der Waals surface area contributed by atoms with Crippen LogP contribution in [0.3, 0.4) is 0 Å². The standard InChI is InChI=1S/C23H26N2O4/c1-4-29-13(2)17-11-14-12-23(22(27)28-3)19(17)24-10-9-16-15-7-5-6-8-18(15)25(20(16)23)21(14)26/h5-8,11,14,19,21,24,26H,2,4,9-10,12H2,1,3H3/t14-,19-,21-,23-/m0/s1. The number of esters is 1. The first-order valence-corrected chi connectivity index (χ1v) is 10.2. The van der Waals surface area contributed by atoms with Gasteiger partial charge in [0.2, 0.25) is 0 Å². The molecule has 6 heteroatoms. The Hall–Kier alpha value is -2.57. The van der Waals surface area contributed by atoms with E-state index in [2.05, 4.69) is 18.0 Å². The molecule has 4 atom stereocenters. The predicted molar refractivity (Wildman–Crippen MR) is 109 cm³/mol. The molecule has 0 spiro atoms. The number of aromatic nitrogens is 1. The Morgan fingerprint density at radius 1 is 1.41 bits per heavy atom. The molecule has 3 aliphatic rings. The molecule has 0 amide bonds. The van der Waals surface area contributed by atoms with Gasteiger partial charge in [-0.2, -0.15) is 0 Å². The molecule has 1 aromatic heterocycles. The van der Waals surface area contributed by atoms with Crippen LogP contribution in [-0.4, -0.2) is 41.9 Å². The van der Waals surface area contributed by atoms with Crippen molar-refractivity contribution in [2.75, 3.05) is 20.3 Å². The Morgan fingerprint density at radius 3 is 2.97 bits per heavy atom. The van der Waals surface area contributed by atoms with Gasteiger partial charge in [0.1, 0.15) is 17.4 Å². The van der Waals surface area contributed by atoms with Crippen LogP contribution in [0.2, 0.25) is 0 Å². The zero-order chi connectivity index (χ0) is 20.3. The monoisotopic (exact) mass is 394 g/mol. The van der Waals surface area contributed by atoms with Gasteiger partial charge in [-0.05, 0) is 37.9 Å². The van der Waals surface area contributed by atoms with E-state index in [0.717, 1.165) is 34.2 Å². The SMILES string of the molecule is C=C(OCC)C1=C[C@H]2C[C@@]3(C(=O)OC)c4c(c5ccccc5n4[C@H]2O)CCN[C@@H]13. The van der Waals surface area contributed by atoms with Crippen LogP contribution in [0.4, 0.5) is 0 Å². The van der Waals surface area contributed by atoms with E-state index in [1.165, 1.54) is 7.11 Å². The molecule has 0 saturated carbocycles. The van der Waals surface area contributed by atoms with Crippen LogP contribution in [0.15, 0.2) is 48.3 Å². The number of methoxy groups -OCH3 is 1. The topological polar surface area (TPSA) is 72.7 Å².